The fourth-order valence-corrected chi connectivity index (χ4v) is 11.0. The molecule has 21 heteroatoms. The third-order valence-electron chi connectivity index (χ3n) is 15.2. The van der Waals surface area contributed by atoms with E-state index in [-0.39, 0.29) is 36.1 Å². The summed E-state index contributed by atoms with van der Waals surface area (Å²) in [6.45, 7) is 11.2. The first-order valence-corrected chi connectivity index (χ1v) is 25.7. The summed E-state index contributed by atoms with van der Waals surface area (Å²) in [6, 6.07) is 15.9. The van der Waals surface area contributed by atoms with Crippen LogP contribution in [0.2, 0.25) is 0 Å². The zero-order chi connectivity index (χ0) is 52.2. The average Bonchev–Trinajstić information content (AvgIpc) is 3.99. The van der Waals surface area contributed by atoms with Gasteiger partial charge in [-0.2, -0.15) is 10.4 Å². The largest absolute Gasteiger partial charge is 0.492 e. The van der Waals surface area contributed by atoms with Gasteiger partial charge in [0.2, 0.25) is 17.7 Å². The van der Waals surface area contributed by atoms with Crippen LogP contribution in [0.25, 0.3) is 16.6 Å². The molecule has 2 aromatic carbocycles. The number of nitriles is 1. The Labute approximate surface area is 432 Å². The highest BCUT2D eigenvalue weighted by molar-refractivity contribution is 6.05. The van der Waals surface area contributed by atoms with Gasteiger partial charge in [-0.1, -0.05) is 0 Å². The number of hydrogen-bond acceptors (Lipinski definition) is 14. The monoisotopic (exact) mass is 1030 g/mol. The number of nitrogens with one attached hydrogen (secondary N) is 2. The highest BCUT2D eigenvalue weighted by Gasteiger charge is 2.41. The van der Waals surface area contributed by atoms with Crippen LogP contribution in [-0.2, 0) is 25.7 Å². The number of carbonyl (C=O) groups excluding carboxylic acids is 5. The number of aromatic nitrogens is 3. The lowest BCUT2D eigenvalue weighted by Gasteiger charge is -2.46. The molecule has 1 atom stereocenters. The molecule has 5 amide bonds. The summed E-state index contributed by atoms with van der Waals surface area (Å²) in [5, 5.41) is 19.7. The Morgan fingerprint density at radius 1 is 0.880 bits per heavy atom. The second-order valence-corrected chi connectivity index (χ2v) is 19.8. The third-order valence-corrected chi connectivity index (χ3v) is 15.2. The molecule has 0 radical (unpaired) electrons. The van der Waals surface area contributed by atoms with Crippen LogP contribution >= 0.6 is 0 Å². The second-order valence-electron chi connectivity index (χ2n) is 19.8. The van der Waals surface area contributed by atoms with Crippen molar-refractivity contribution in [3.05, 3.63) is 107 Å². The molecule has 10 rings (SSSR count). The van der Waals surface area contributed by atoms with Crippen molar-refractivity contribution in [1.82, 2.24) is 44.8 Å². The van der Waals surface area contributed by atoms with Gasteiger partial charge in [-0.15, -0.1) is 0 Å². The molecule has 0 bridgehead atoms. The smallest absolute Gasteiger partial charge is 0.255 e. The second kappa shape index (κ2) is 22.1. The molecule has 0 aliphatic carbocycles. The summed E-state index contributed by atoms with van der Waals surface area (Å²) in [5.41, 5.74) is 3.96. The number of carbonyl (C=O) groups is 5. The van der Waals surface area contributed by atoms with Crippen LogP contribution in [0.5, 0.6) is 5.75 Å². The van der Waals surface area contributed by atoms with Gasteiger partial charge in [-0.05, 0) is 86.3 Å². The molecule has 1 unspecified atom stereocenters. The van der Waals surface area contributed by atoms with Crippen molar-refractivity contribution < 1.29 is 42.2 Å². The summed E-state index contributed by atoms with van der Waals surface area (Å²) >= 11 is 0. The van der Waals surface area contributed by atoms with E-state index in [1.165, 1.54) is 6.20 Å². The van der Waals surface area contributed by atoms with Crippen molar-refractivity contribution >= 4 is 46.6 Å². The molecule has 8 heterocycles. The highest BCUT2D eigenvalue weighted by Crippen LogP contribution is 2.34. The number of rotatable bonds is 16. The number of piperidine rings is 2. The van der Waals surface area contributed by atoms with Crippen LogP contribution in [0.4, 0.5) is 20.3 Å². The lowest BCUT2D eigenvalue weighted by molar-refractivity contribution is -0.137. The summed E-state index contributed by atoms with van der Waals surface area (Å²) < 4.78 is 42.6. The SMILES string of the molecule is CCOc1cc(-c2ccc(N3CCC(CN4CCN(CCOCCC(=O)N5CCN(c6ccc7c(c6)CN(C6CCC(=O)NC6=O)C7=O)CC5)CC4)(NC(=O)c4cc(F)ccc4F)CC3)nc2)c2c(C#N)cnn2c1. The van der Waals surface area contributed by atoms with Gasteiger partial charge < -0.3 is 34.4 Å². The average molecular weight is 1030 g/mol. The van der Waals surface area contributed by atoms with Gasteiger partial charge in [0.25, 0.3) is 11.8 Å². The molecule has 2 N–H and O–H groups in total. The fraction of sp³-hybridized carbons (Fsp3) is 0.444. The van der Waals surface area contributed by atoms with Gasteiger partial charge in [0.1, 0.15) is 35.3 Å². The number of hydrogen-bond donors (Lipinski definition) is 2. The lowest BCUT2D eigenvalue weighted by atomic mass is 9.86. The van der Waals surface area contributed by atoms with Crippen LogP contribution in [0.1, 0.15) is 70.9 Å². The van der Waals surface area contributed by atoms with E-state index >= 15 is 0 Å². The Morgan fingerprint density at radius 2 is 1.67 bits per heavy atom. The summed E-state index contributed by atoms with van der Waals surface area (Å²) in [6.07, 6.45) is 6.91. The maximum Gasteiger partial charge on any atom is 0.255 e. The fourth-order valence-electron chi connectivity index (χ4n) is 11.0. The first-order valence-electron chi connectivity index (χ1n) is 25.7. The van der Waals surface area contributed by atoms with Crippen LogP contribution < -0.4 is 25.2 Å². The van der Waals surface area contributed by atoms with E-state index in [1.54, 1.807) is 27.9 Å². The molecule has 19 nitrogen and oxygen atoms in total. The van der Waals surface area contributed by atoms with E-state index in [2.05, 4.69) is 41.4 Å². The standard InChI is InChI=1S/C54H60F2N12O7/c1-2-75-41-29-43(50-38(30-57)32-59-68(50)34-41)36-3-9-47(58-31-36)65-14-12-54(13-15-65,61-51(71)44-28-39(55)4-7-45(44)56)35-63-18-16-62(17-19-63)24-26-74-25-11-49(70)66-22-20-64(21-23-66)40-5-6-42-37(27-40)33-67(53(42)73)46-8-10-48(69)60-52(46)72/h3-7,9,27-29,31-32,34,46H,2,8,10-26,33,35H2,1H3,(H,61,71)(H,60,69,72). The Morgan fingerprint density at radius 3 is 2.40 bits per heavy atom. The Kier molecular flexibility index (Phi) is 15.0. The molecular weight excluding hydrogens is 967 g/mol. The number of ether oxygens (including phenoxy) is 2. The minimum absolute atomic E-state index is 0.0382. The third kappa shape index (κ3) is 11.1. The van der Waals surface area contributed by atoms with Gasteiger partial charge in [-0.25, -0.2) is 18.3 Å². The quantitative estimate of drug-likeness (QED) is 0.107. The molecular formula is C54H60F2N12O7. The lowest BCUT2D eigenvalue weighted by Crippen LogP contribution is -2.62. The number of pyridine rings is 2. The van der Waals surface area contributed by atoms with E-state index in [0.29, 0.717) is 120 Å². The molecule has 5 aliphatic rings. The maximum absolute atomic E-state index is 14.9. The Balaban J connectivity index is 0.680. The predicted octanol–water partition coefficient (Wildman–Crippen LogP) is 3.85. The number of nitrogens with zero attached hydrogens (tertiary/aromatic N) is 10. The number of fused-ring (bicyclic) bond motifs is 2. The summed E-state index contributed by atoms with van der Waals surface area (Å²) in [4.78, 5) is 81.4. The number of amides is 5. The molecule has 4 fully saturated rings. The van der Waals surface area contributed by atoms with E-state index in [4.69, 9.17) is 14.5 Å². The van der Waals surface area contributed by atoms with Crippen LogP contribution in [0, 0.1) is 23.0 Å². The van der Waals surface area contributed by atoms with Crippen molar-refractivity contribution in [2.75, 3.05) is 108 Å². The van der Waals surface area contributed by atoms with Crippen molar-refractivity contribution in [1.29, 1.82) is 5.26 Å². The first-order chi connectivity index (χ1) is 36.4. The Bertz CT molecular complexity index is 3010. The molecule has 5 aromatic rings. The van der Waals surface area contributed by atoms with Crippen molar-refractivity contribution in [2.45, 2.75) is 57.2 Å². The van der Waals surface area contributed by atoms with Crippen molar-refractivity contribution in [3.8, 4) is 22.9 Å². The zero-order valence-electron chi connectivity index (χ0n) is 41.9. The summed E-state index contributed by atoms with van der Waals surface area (Å²) in [5.74, 6) is -1.70. The molecule has 0 saturated carbocycles. The van der Waals surface area contributed by atoms with E-state index < -0.39 is 35.0 Å². The van der Waals surface area contributed by atoms with Gasteiger partial charge >= 0.3 is 0 Å². The molecule has 392 valence electrons. The minimum atomic E-state index is -0.789. The van der Waals surface area contributed by atoms with Crippen LogP contribution in [0.15, 0.2) is 73.2 Å². The highest BCUT2D eigenvalue weighted by atomic mass is 19.1. The van der Waals surface area contributed by atoms with Gasteiger partial charge in [0, 0.05) is 120 Å². The number of anilines is 2. The predicted molar refractivity (Wildman–Crippen MR) is 272 cm³/mol. The van der Waals surface area contributed by atoms with Gasteiger partial charge in [0.15, 0.2) is 0 Å². The number of imide groups is 1. The maximum atomic E-state index is 14.9. The van der Waals surface area contributed by atoms with Crippen molar-refractivity contribution in [2.24, 2.45) is 0 Å². The van der Waals surface area contributed by atoms with E-state index in [0.717, 1.165) is 72.6 Å². The van der Waals surface area contributed by atoms with Crippen LogP contribution in [-0.4, -0.2) is 174 Å². The molecule has 0 spiro atoms. The molecule has 5 aliphatic heterocycles. The normalized spacial score (nSPS) is 19.3. The Hall–Kier alpha value is -7.54. The minimum Gasteiger partial charge on any atom is -0.492 e. The number of halogens is 2. The molecule has 3 aromatic heterocycles. The summed E-state index contributed by atoms with van der Waals surface area (Å²) in [7, 11) is 0. The van der Waals surface area contributed by atoms with Crippen molar-refractivity contribution in [3.63, 3.8) is 0 Å². The topological polar surface area (TPSA) is 201 Å². The molecule has 75 heavy (non-hydrogen) atoms. The van der Waals surface area contributed by atoms with Gasteiger partial charge in [0.05, 0.1) is 60.8 Å². The first kappa shape index (κ1) is 51.0. The number of piperazine rings is 2. The van der Waals surface area contributed by atoms with E-state index in [1.807, 2.05) is 42.2 Å². The zero-order valence-corrected chi connectivity index (χ0v) is 41.9. The molecule has 4 saturated heterocycles. The van der Waals surface area contributed by atoms with E-state index in [9.17, 15) is 38.0 Å². The number of benzene rings is 2. The van der Waals surface area contributed by atoms with Crippen LogP contribution in [0.3, 0.4) is 0 Å². The van der Waals surface area contributed by atoms with Gasteiger partial charge in [-0.3, -0.25) is 39.1 Å².